The van der Waals surface area contributed by atoms with E-state index >= 15 is 0 Å². The average molecular weight is 406 g/mol. The summed E-state index contributed by atoms with van der Waals surface area (Å²) in [5, 5.41) is 2.79. The molecule has 3 N–H and O–H groups in total. The van der Waals surface area contributed by atoms with Gasteiger partial charge in [0.1, 0.15) is 0 Å². The smallest absolute Gasteiger partial charge is 0.253 e. The Morgan fingerprint density at radius 1 is 1.15 bits per heavy atom. The van der Waals surface area contributed by atoms with E-state index in [1.165, 1.54) is 24.2 Å². The number of likely N-dealkylation sites (tertiary alicyclic amines) is 1. The van der Waals surface area contributed by atoms with Gasteiger partial charge in [-0.05, 0) is 30.0 Å². The number of hydrogen-bond acceptors (Lipinski definition) is 4. The van der Waals surface area contributed by atoms with Crippen molar-refractivity contribution in [1.29, 1.82) is 0 Å². The van der Waals surface area contributed by atoms with E-state index in [2.05, 4.69) is 17.4 Å². The zero-order chi connectivity index (χ0) is 18.7. The van der Waals surface area contributed by atoms with Gasteiger partial charge < -0.3 is 16.0 Å². The van der Waals surface area contributed by atoms with Crippen molar-refractivity contribution in [2.45, 2.75) is 23.8 Å². The fourth-order valence-corrected chi connectivity index (χ4v) is 3.93. The number of nitrogens with one attached hydrogen (secondary N) is 1. The largest absolute Gasteiger partial charge is 0.336 e. The second-order valence-electron chi connectivity index (χ2n) is 6.49. The topological polar surface area (TPSA) is 75.4 Å². The van der Waals surface area contributed by atoms with Crippen LogP contribution in [0, 0.1) is 0 Å². The van der Waals surface area contributed by atoms with E-state index in [1.807, 2.05) is 35.4 Å². The molecule has 2 amide bonds. The molecule has 144 valence electrons. The molecule has 1 fully saturated rings. The fraction of sp³-hybridized carbons (Fsp3) is 0.300. The highest BCUT2D eigenvalue weighted by Crippen LogP contribution is 2.30. The molecule has 0 aromatic heterocycles. The van der Waals surface area contributed by atoms with Crippen LogP contribution in [0.4, 0.5) is 5.69 Å². The van der Waals surface area contributed by atoms with Crippen LogP contribution in [0.1, 0.15) is 28.8 Å². The lowest BCUT2D eigenvalue weighted by Crippen LogP contribution is -2.32. The van der Waals surface area contributed by atoms with Crippen molar-refractivity contribution in [3.8, 4) is 0 Å². The molecular weight excluding hydrogens is 382 g/mol. The maximum Gasteiger partial charge on any atom is 0.253 e. The third kappa shape index (κ3) is 4.83. The van der Waals surface area contributed by atoms with Crippen LogP contribution in [-0.4, -0.2) is 42.1 Å². The van der Waals surface area contributed by atoms with Crippen LogP contribution >= 0.6 is 24.2 Å². The predicted octanol–water partition coefficient (Wildman–Crippen LogP) is 3.36. The van der Waals surface area contributed by atoms with Gasteiger partial charge in [-0.25, -0.2) is 0 Å². The maximum absolute atomic E-state index is 12.9. The highest BCUT2D eigenvalue weighted by atomic mass is 35.5. The van der Waals surface area contributed by atoms with Gasteiger partial charge in [-0.1, -0.05) is 30.3 Å². The van der Waals surface area contributed by atoms with Gasteiger partial charge in [0.2, 0.25) is 5.91 Å². The maximum atomic E-state index is 12.9. The minimum Gasteiger partial charge on any atom is -0.336 e. The molecule has 1 heterocycles. The Morgan fingerprint density at radius 3 is 2.48 bits per heavy atom. The van der Waals surface area contributed by atoms with Crippen LogP contribution in [0.2, 0.25) is 0 Å². The number of hydrogen-bond donors (Lipinski definition) is 2. The van der Waals surface area contributed by atoms with Crippen molar-refractivity contribution in [2.24, 2.45) is 5.73 Å². The number of halogens is 1. The summed E-state index contributed by atoms with van der Waals surface area (Å²) >= 11 is 1.50. The predicted molar refractivity (Wildman–Crippen MR) is 113 cm³/mol. The van der Waals surface area contributed by atoms with Crippen LogP contribution < -0.4 is 11.1 Å². The summed E-state index contributed by atoms with van der Waals surface area (Å²) in [5.74, 6) is -0.00187. The number of amides is 2. The van der Waals surface area contributed by atoms with E-state index in [4.69, 9.17) is 5.73 Å². The molecule has 5 nitrogen and oxygen atoms in total. The number of carbonyl (C=O) groups is 2. The minimum atomic E-state index is -0.129. The van der Waals surface area contributed by atoms with Crippen LogP contribution in [-0.2, 0) is 4.79 Å². The molecule has 0 radical (unpaired) electrons. The van der Waals surface area contributed by atoms with Crippen molar-refractivity contribution in [2.75, 3.05) is 24.7 Å². The summed E-state index contributed by atoms with van der Waals surface area (Å²) in [7, 11) is 0. The molecule has 2 aromatic carbocycles. The summed E-state index contributed by atoms with van der Waals surface area (Å²) in [5.41, 5.74) is 8.81. The first-order valence-corrected chi connectivity index (χ1v) is 9.77. The first kappa shape index (κ1) is 21.3. The highest BCUT2D eigenvalue weighted by molar-refractivity contribution is 7.98. The molecule has 1 aliphatic rings. The van der Waals surface area contributed by atoms with E-state index in [9.17, 15) is 9.59 Å². The van der Waals surface area contributed by atoms with E-state index in [0.29, 0.717) is 18.7 Å². The molecule has 3 rings (SSSR count). The molecule has 0 unspecified atom stereocenters. The Bertz CT molecular complexity index is 816. The monoisotopic (exact) mass is 405 g/mol. The fourth-order valence-electron chi connectivity index (χ4n) is 3.35. The Kier molecular flexibility index (Phi) is 7.30. The number of carbonyl (C=O) groups excluding carboxylic acids is 2. The lowest BCUT2D eigenvalue weighted by atomic mass is 9.95. The summed E-state index contributed by atoms with van der Waals surface area (Å²) in [6, 6.07) is 15.4. The van der Waals surface area contributed by atoms with Crippen LogP contribution in [0.5, 0.6) is 0 Å². The summed E-state index contributed by atoms with van der Waals surface area (Å²) < 4.78 is 0. The molecule has 7 heteroatoms. The summed E-state index contributed by atoms with van der Waals surface area (Å²) in [6.45, 7) is 2.63. The van der Waals surface area contributed by atoms with E-state index in [0.717, 1.165) is 10.6 Å². The first-order valence-electron chi connectivity index (χ1n) is 8.55. The average Bonchev–Trinajstić information content (AvgIpc) is 3.03. The Hall–Kier alpha value is -2.02. The third-order valence-electron chi connectivity index (χ3n) is 4.64. The summed E-state index contributed by atoms with van der Waals surface area (Å²) in [4.78, 5) is 26.9. The van der Waals surface area contributed by atoms with Crippen molar-refractivity contribution < 1.29 is 9.59 Å². The quantitative estimate of drug-likeness (QED) is 0.765. The number of anilines is 1. The number of nitrogens with two attached hydrogens (primary N) is 1. The number of nitrogens with zero attached hydrogens (tertiary/aromatic N) is 1. The normalized spacial score (nSPS) is 18.7. The van der Waals surface area contributed by atoms with Gasteiger partial charge in [-0.3, -0.25) is 9.59 Å². The van der Waals surface area contributed by atoms with Gasteiger partial charge in [-0.15, -0.1) is 24.2 Å². The summed E-state index contributed by atoms with van der Waals surface area (Å²) in [6.07, 6.45) is 1.92. The van der Waals surface area contributed by atoms with E-state index in [1.54, 1.807) is 12.1 Å². The van der Waals surface area contributed by atoms with Gasteiger partial charge in [0, 0.05) is 42.4 Å². The second-order valence-corrected chi connectivity index (χ2v) is 7.34. The number of thioether (sulfide) groups is 1. The lowest BCUT2D eigenvalue weighted by Gasteiger charge is -2.18. The molecule has 27 heavy (non-hydrogen) atoms. The van der Waals surface area contributed by atoms with Crippen LogP contribution in [0.15, 0.2) is 53.4 Å². The van der Waals surface area contributed by atoms with Gasteiger partial charge in [-0.2, -0.15) is 0 Å². The van der Waals surface area contributed by atoms with Gasteiger partial charge >= 0.3 is 0 Å². The molecule has 0 bridgehead atoms. The SMILES string of the molecule is CSc1cc(C(=O)N2C[C@@H](N)[C@H](c3ccccc3)C2)ccc1NC(C)=O.Cl. The minimum absolute atomic E-state index is 0. The zero-order valence-electron chi connectivity index (χ0n) is 15.3. The Labute approximate surface area is 170 Å². The molecule has 0 saturated carbocycles. The van der Waals surface area contributed by atoms with Crippen molar-refractivity contribution in [1.82, 2.24) is 4.90 Å². The molecule has 0 aliphatic carbocycles. The van der Waals surface area contributed by atoms with Gasteiger partial charge in [0.15, 0.2) is 0 Å². The molecule has 1 aliphatic heterocycles. The molecule has 2 atom stereocenters. The van der Waals surface area contributed by atoms with Gasteiger partial charge in [0.25, 0.3) is 5.91 Å². The molecule has 1 saturated heterocycles. The molecular formula is C20H24ClN3O2S. The highest BCUT2D eigenvalue weighted by Gasteiger charge is 2.34. The third-order valence-corrected chi connectivity index (χ3v) is 5.42. The first-order chi connectivity index (χ1) is 12.5. The molecule has 0 spiro atoms. The lowest BCUT2D eigenvalue weighted by molar-refractivity contribution is -0.114. The Morgan fingerprint density at radius 2 is 1.85 bits per heavy atom. The number of rotatable bonds is 4. The van der Waals surface area contributed by atoms with Crippen LogP contribution in [0.25, 0.3) is 0 Å². The Balaban J connectivity index is 0.00000261. The van der Waals surface area contributed by atoms with Crippen LogP contribution in [0.3, 0.4) is 0 Å². The molecule has 2 aromatic rings. The number of benzene rings is 2. The van der Waals surface area contributed by atoms with Crippen molar-refractivity contribution >= 4 is 41.7 Å². The van der Waals surface area contributed by atoms with Crippen molar-refractivity contribution in [3.05, 3.63) is 59.7 Å². The van der Waals surface area contributed by atoms with Crippen molar-refractivity contribution in [3.63, 3.8) is 0 Å². The second kappa shape index (κ2) is 9.26. The van der Waals surface area contributed by atoms with E-state index in [-0.39, 0.29) is 36.2 Å². The standard InChI is InChI=1S/C20H23N3O2S.ClH/c1-13(24)22-18-9-8-15(10-19(18)26-2)20(25)23-11-16(17(21)12-23)14-6-4-3-5-7-14;/h3-10,16-17H,11-12,21H2,1-2H3,(H,22,24);1H/t16-,17+;/m0./s1. The van der Waals surface area contributed by atoms with E-state index < -0.39 is 0 Å². The zero-order valence-corrected chi connectivity index (χ0v) is 17.0. The van der Waals surface area contributed by atoms with Gasteiger partial charge in [0.05, 0.1) is 5.69 Å².